The molecule has 0 atom stereocenters. The first-order chi connectivity index (χ1) is 15.5. The second-order valence-corrected chi connectivity index (χ2v) is 8.52. The molecule has 1 aliphatic rings. The van der Waals surface area contributed by atoms with E-state index < -0.39 is 0 Å². The van der Waals surface area contributed by atoms with Crippen molar-refractivity contribution in [3.05, 3.63) is 64.7 Å². The highest BCUT2D eigenvalue weighted by atomic mass is 16.5. The zero-order valence-corrected chi connectivity index (χ0v) is 19.8. The lowest BCUT2D eigenvalue weighted by molar-refractivity contribution is -0.131. The molecular formula is C26H36N4O2. The van der Waals surface area contributed by atoms with Gasteiger partial charge in [-0.3, -0.25) is 4.79 Å². The molecule has 1 amide bonds. The first-order valence-corrected chi connectivity index (χ1v) is 11.6. The molecule has 2 aromatic carbocycles. The summed E-state index contributed by atoms with van der Waals surface area (Å²) in [7, 11) is 0. The van der Waals surface area contributed by atoms with Crippen molar-refractivity contribution < 1.29 is 9.53 Å². The molecule has 2 N–H and O–H groups in total. The Morgan fingerprint density at radius 2 is 1.84 bits per heavy atom. The van der Waals surface area contributed by atoms with Gasteiger partial charge in [-0.25, -0.2) is 4.99 Å². The maximum Gasteiger partial charge on any atom is 0.223 e. The number of aryl methyl sites for hydroxylation is 1. The number of ether oxygens (including phenoxy) is 1. The van der Waals surface area contributed by atoms with Crippen LogP contribution in [0.3, 0.4) is 0 Å². The Morgan fingerprint density at radius 3 is 2.50 bits per heavy atom. The average Bonchev–Trinajstić information content (AvgIpc) is 3.20. The van der Waals surface area contributed by atoms with Gasteiger partial charge in [0.2, 0.25) is 5.91 Å². The lowest BCUT2D eigenvalue weighted by atomic mass is 10.1. The molecule has 1 aliphatic heterocycles. The second kappa shape index (κ2) is 11.6. The maximum absolute atomic E-state index is 12.6. The summed E-state index contributed by atoms with van der Waals surface area (Å²) in [6.45, 7) is 11.6. The van der Waals surface area contributed by atoms with Crippen LogP contribution in [0.1, 0.15) is 55.9 Å². The third kappa shape index (κ3) is 6.74. The smallest absolute Gasteiger partial charge is 0.223 e. The SMILES string of the molecule is CCNC(=NCc1ccc(C)cc1OC(C)C)NCCCC(=O)N1Cc2ccccc2C1. The van der Waals surface area contributed by atoms with Crippen molar-refractivity contribution >= 4 is 11.9 Å². The number of amides is 1. The van der Waals surface area contributed by atoms with Gasteiger partial charge in [0.25, 0.3) is 0 Å². The molecule has 0 spiro atoms. The molecule has 0 radical (unpaired) electrons. The van der Waals surface area contributed by atoms with Gasteiger partial charge in [-0.1, -0.05) is 36.4 Å². The largest absolute Gasteiger partial charge is 0.491 e. The minimum Gasteiger partial charge on any atom is -0.491 e. The van der Waals surface area contributed by atoms with Gasteiger partial charge in [-0.05, 0) is 56.9 Å². The minimum atomic E-state index is 0.117. The standard InChI is InChI=1S/C26H36N4O2/c1-5-27-26(29-16-21-13-12-20(4)15-24(21)32-19(2)3)28-14-8-11-25(31)30-17-22-9-6-7-10-23(22)18-30/h6-7,9-10,12-13,15,19H,5,8,11,14,16-18H2,1-4H3,(H2,27,28,29). The van der Waals surface area contributed by atoms with Crippen LogP contribution in [-0.2, 0) is 24.4 Å². The molecule has 0 unspecified atom stereocenters. The number of nitrogens with zero attached hydrogens (tertiary/aromatic N) is 2. The second-order valence-electron chi connectivity index (χ2n) is 8.52. The van der Waals surface area contributed by atoms with Crippen LogP contribution in [0.25, 0.3) is 0 Å². The van der Waals surface area contributed by atoms with Gasteiger partial charge < -0.3 is 20.3 Å². The van der Waals surface area contributed by atoms with Crippen LogP contribution in [0.5, 0.6) is 5.75 Å². The summed E-state index contributed by atoms with van der Waals surface area (Å²) < 4.78 is 5.96. The Morgan fingerprint density at radius 1 is 1.12 bits per heavy atom. The summed E-state index contributed by atoms with van der Waals surface area (Å²) in [6.07, 6.45) is 1.42. The fourth-order valence-corrected chi connectivity index (χ4v) is 3.78. The van der Waals surface area contributed by atoms with E-state index in [9.17, 15) is 4.79 Å². The van der Waals surface area contributed by atoms with E-state index in [1.165, 1.54) is 16.7 Å². The van der Waals surface area contributed by atoms with Crippen molar-refractivity contribution in [3.63, 3.8) is 0 Å². The van der Waals surface area contributed by atoms with Crippen molar-refractivity contribution in [2.24, 2.45) is 4.99 Å². The Labute approximate surface area is 192 Å². The number of benzene rings is 2. The van der Waals surface area contributed by atoms with E-state index in [-0.39, 0.29) is 12.0 Å². The van der Waals surface area contributed by atoms with Gasteiger partial charge in [0, 0.05) is 38.2 Å². The monoisotopic (exact) mass is 436 g/mol. The molecule has 172 valence electrons. The summed E-state index contributed by atoms with van der Waals surface area (Å²) in [6, 6.07) is 14.5. The quantitative estimate of drug-likeness (QED) is 0.352. The predicted molar refractivity (Wildman–Crippen MR) is 130 cm³/mol. The summed E-state index contributed by atoms with van der Waals surface area (Å²) >= 11 is 0. The molecule has 2 aromatic rings. The van der Waals surface area contributed by atoms with Gasteiger partial charge >= 0.3 is 0 Å². The minimum absolute atomic E-state index is 0.117. The highest BCUT2D eigenvalue weighted by molar-refractivity contribution is 5.80. The van der Waals surface area contributed by atoms with E-state index >= 15 is 0 Å². The molecule has 0 aromatic heterocycles. The van der Waals surface area contributed by atoms with Crippen LogP contribution in [-0.4, -0.2) is 36.0 Å². The number of nitrogens with one attached hydrogen (secondary N) is 2. The first kappa shape index (κ1) is 23.6. The topological polar surface area (TPSA) is 66.0 Å². The maximum atomic E-state index is 12.6. The van der Waals surface area contributed by atoms with Crippen LogP contribution in [0.15, 0.2) is 47.5 Å². The summed E-state index contributed by atoms with van der Waals surface area (Å²) in [5.74, 6) is 1.85. The number of carbonyl (C=O) groups excluding carboxylic acids is 1. The predicted octanol–water partition coefficient (Wildman–Crippen LogP) is 4.16. The van der Waals surface area contributed by atoms with Crippen LogP contribution in [0.4, 0.5) is 0 Å². The number of hydrogen-bond donors (Lipinski definition) is 2. The van der Waals surface area contributed by atoms with Crippen molar-refractivity contribution in [1.29, 1.82) is 0 Å². The Kier molecular flexibility index (Phi) is 8.54. The van der Waals surface area contributed by atoms with Gasteiger partial charge in [0.15, 0.2) is 5.96 Å². The fourth-order valence-electron chi connectivity index (χ4n) is 3.78. The molecule has 0 saturated heterocycles. The fraction of sp³-hybridized carbons (Fsp3) is 0.462. The Balaban J connectivity index is 1.48. The molecule has 6 heteroatoms. The number of aliphatic imine (C=N–C) groups is 1. The van der Waals surface area contributed by atoms with Crippen LogP contribution < -0.4 is 15.4 Å². The number of rotatable bonds is 9. The molecule has 0 saturated carbocycles. The molecule has 0 fully saturated rings. The van der Waals surface area contributed by atoms with E-state index in [2.05, 4.69) is 47.9 Å². The highest BCUT2D eigenvalue weighted by Gasteiger charge is 2.22. The van der Waals surface area contributed by atoms with Crippen molar-refractivity contribution in [1.82, 2.24) is 15.5 Å². The summed E-state index contributed by atoms with van der Waals surface area (Å²) in [4.78, 5) is 19.3. The van der Waals surface area contributed by atoms with E-state index in [1.807, 2.05) is 37.8 Å². The van der Waals surface area contributed by atoms with Crippen molar-refractivity contribution in [2.75, 3.05) is 13.1 Å². The molecule has 32 heavy (non-hydrogen) atoms. The van der Waals surface area contributed by atoms with Gasteiger partial charge in [0.05, 0.1) is 12.6 Å². The molecule has 0 bridgehead atoms. The van der Waals surface area contributed by atoms with E-state index in [4.69, 9.17) is 9.73 Å². The number of guanidine groups is 1. The summed E-state index contributed by atoms with van der Waals surface area (Å²) in [5, 5.41) is 6.64. The third-order valence-corrected chi connectivity index (χ3v) is 5.39. The average molecular weight is 437 g/mol. The Hall–Kier alpha value is -3.02. The van der Waals surface area contributed by atoms with E-state index in [0.717, 1.165) is 43.3 Å². The molecular weight excluding hydrogens is 400 g/mol. The lowest BCUT2D eigenvalue weighted by Crippen LogP contribution is -2.38. The molecule has 1 heterocycles. The highest BCUT2D eigenvalue weighted by Crippen LogP contribution is 2.23. The number of carbonyl (C=O) groups is 1. The molecule has 0 aliphatic carbocycles. The zero-order chi connectivity index (χ0) is 22.9. The lowest BCUT2D eigenvalue weighted by Gasteiger charge is -2.16. The number of hydrogen-bond acceptors (Lipinski definition) is 3. The summed E-state index contributed by atoms with van der Waals surface area (Å²) in [5.41, 5.74) is 4.75. The van der Waals surface area contributed by atoms with Crippen LogP contribution in [0, 0.1) is 6.92 Å². The zero-order valence-electron chi connectivity index (χ0n) is 19.8. The Bertz CT molecular complexity index is 914. The van der Waals surface area contributed by atoms with Crippen molar-refractivity contribution in [3.8, 4) is 5.75 Å². The first-order valence-electron chi connectivity index (χ1n) is 11.6. The van der Waals surface area contributed by atoms with Gasteiger partial charge in [-0.2, -0.15) is 0 Å². The number of fused-ring (bicyclic) bond motifs is 1. The molecule has 3 rings (SSSR count). The van der Waals surface area contributed by atoms with Crippen LogP contribution >= 0.6 is 0 Å². The van der Waals surface area contributed by atoms with Gasteiger partial charge in [0.1, 0.15) is 5.75 Å². The van der Waals surface area contributed by atoms with Crippen molar-refractivity contribution in [2.45, 2.75) is 66.3 Å². The van der Waals surface area contributed by atoms with Gasteiger partial charge in [-0.15, -0.1) is 0 Å². The van der Waals surface area contributed by atoms with Crippen LogP contribution in [0.2, 0.25) is 0 Å². The normalized spacial score (nSPS) is 13.3. The van der Waals surface area contributed by atoms with E-state index in [0.29, 0.717) is 19.5 Å². The van der Waals surface area contributed by atoms with E-state index in [1.54, 1.807) is 0 Å². The third-order valence-electron chi connectivity index (χ3n) is 5.39. The molecule has 6 nitrogen and oxygen atoms in total.